The van der Waals surface area contributed by atoms with Crippen molar-refractivity contribution in [2.24, 2.45) is 5.14 Å². The normalized spacial score (nSPS) is 11.4. The van der Waals surface area contributed by atoms with Crippen molar-refractivity contribution in [3.63, 3.8) is 0 Å². The van der Waals surface area contributed by atoms with Crippen LogP contribution in [0.15, 0.2) is 53.4 Å². The number of primary sulfonamides is 1. The van der Waals surface area contributed by atoms with Crippen molar-refractivity contribution in [3.05, 3.63) is 59.2 Å². The number of aromatic nitrogens is 3. The van der Waals surface area contributed by atoms with Crippen LogP contribution in [0.2, 0.25) is 5.02 Å². The van der Waals surface area contributed by atoms with Crippen molar-refractivity contribution >= 4 is 27.6 Å². The number of carboxylic acids is 1. The van der Waals surface area contributed by atoms with Gasteiger partial charge in [0.1, 0.15) is 5.69 Å². The van der Waals surface area contributed by atoms with Crippen LogP contribution in [-0.4, -0.2) is 34.5 Å². The number of carboxylic acid groups (broad SMARTS) is 1. The summed E-state index contributed by atoms with van der Waals surface area (Å²) < 4.78 is 24.0. The zero-order valence-electron chi connectivity index (χ0n) is 12.5. The van der Waals surface area contributed by atoms with Gasteiger partial charge < -0.3 is 5.11 Å². The summed E-state index contributed by atoms with van der Waals surface area (Å²) in [5, 5.41) is 22.5. The van der Waals surface area contributed by atoms with Gasteiger partial charge in [0.2, 0.25) is 10.0 Å². The predicted molar refractivity (Wildman–Crippen MR) is 90.1 cm³/mol. The van der Waals surface area contributed by atoms with E-state index in [1.165, 1.54) is 28.9 Å². The Morgan fingerprint density at radius 1 is 1.08 bits per heavy atom. The number of sulfonamides is 1. The Hall–Kier alpha value is -2.75. The molecule has 10 heteroatoms. The molecule has 0 amide bonds. The van der Waals surface area contributed by atoms with E-state index in [9.17, 15) is 18.3 Å². The van der Waals surface area contributed by atoms with E-state index in [1.807, 2.05) is 0 Å². The van der Waals surface area contributed by atoms with Gasteiger partial charge in [-0.1, -0.05) is 28.9 Å². The second kappa shape index (κ2) is 6.28. The average Bonchev–Trinajstić information content (AvgIpc) is 3.00. The topological polar surface area (TPSA) is 128 Å². The van der Waals surface area contributed by atoms with Gasteiger partial charge in [-0.05, 0) is 36.4 Å². The molecule has 1 heterocycles. The Morgan fingerprint density at radius 2 is 1.68 bits per heavy atom. The van der Waals surface area contributed by atoms with Gasteiger partial charge in [0.05, 0.1) is 10.6 Å². The fraction of sp³-hybridized carbons (Fsp3) is 0. The summed E-state index contributed by atoms with van der Waals surface area (Å²) in [5.74, 6) is -1.24. The zero-order valence-corrected chi connectivity index (χ0v) is 14.1. The number of halogens is 1. The van der Waals surface area contributed by atoms with Gasteiger partial charge in [0.25, 0.3) is 0 Å². The second-order valence-corrected chi connectivity index (χ2v) is 7.05. The molecule has 0 unspecified atom stereocenters. The third-order valence-electron chi connectivity index (χ3n) is 3.40. The number of hydrogen-bond acceptors (Lipinski definition) is 5. The first kappa shape index (κ1) is 17.1. The highest BCUT2D eigenvalue weighted by Crippen LogP contribution is 2.27. The van der Waals surface area contributed by atoms with Gasteiger partial charge in [-0.3, -0.25) is 0 Å². The monoisotopic (exact) mass is 378 g/mol. The van der Waals surface area contributed by atoms with E-state index in [4.69, 9.17) is 16.7 Å². The van der Waals surface area contributed by atoms with Gasteiger partial charge >= 0.3 is 5.97 Å². The molecule has 0 saturated carbocycles. The summed E-state index contributed by atoms with van der Waals surface area (Å²) in [4.78, 5) is 11.4. The van der Waals surface area contributed by atoms with E-state index in [-0.39, 0.29) is 16.3 Å². The van der Waals surface area contributed by atoms with Crippen LogP contribution in [0.3, 0.4) is 0 Å². The van der Waals surface area contributed by atoms with E-state index in [2.05, 4.69) is 10.3 Å². The molecule has 0 saturated heterocycles. The highest BCUT2D eigenvalue weighted by molar-refractivity contribution is 7.89. The maximum atomic E-state index is 11.5. The van der Waals surface area contributed by atoms with E-state index in [0.717, 1.165) is 0 Å². The standard InChI is InChI=1S/C15H11ClN4O4S/c16-10-3-1-9(2-4-10)14-13(15(21)22)18-19-20(14)11-5-7-12(8-6-11)25(17,23)24/h1-8H,(H,21,22)(H2,17,23,24). The molecule has 25 heavy (non-hydrogen) atoms. The molecule has 0 aliphatic rings. The smallest absolute Gasteiger partial charge is 0.358 e. The molecule has 0 fully saturated rings. The lowest BCUT2D eigenvalue weighted by Gasteiger charge is -2.08. The van der Waals surface area contributed by atoms with Crippen molar-refractivity contribution in [2.75, 3.05) is 0 Å². The van der Waals surface area contributed by atoms with Crippen LogP contribution < -0.4 is 5.14 Å². The summed E-state index contributed by atoms with van der Waals surface area (Å²) in [5.41, 5.74) is 0.977. The second-order valence-electron chi connectivity index (χ2n) is 5.05. The molecule has 8 nitrogen and oxygen atoms in total. The lowest BCUT2D eigenvalue weighted by Crippen LogP contribution is -2.12. The number of nitrogens with zero attached hydrogens (tertiary/aromatic N) is 3. The van der Waals surface area contributed by atoms with Crippen molar-refractivity contribution in [1.29, 1.82) is 0 Å². The van der Waals surface area contributed by atoms with Crippen LogP contribution in [0.4, 0.5) is 0 Å². The van der Waals surface area contributed by atoms with Gasteiger partial charge in [-0.15, -0.1) is 5.10 Å². The number of benzene rings is 2. The summed E-state index contributed by atoms with van der Waals surface area (Å²) in [6, 6.07) is 12.0. The maximum absolute atomic E-state index is 11.5. The molecule has 0 bridgehead atoms. The van der Waals surface area contributed by atoms with Crippen LogP contribution in [0.25, 0.3) is 16.9 Å². The Balaban J connectivity index is 2.17. The van der Waals surface area contributed by atoms with Crippen LogP contribution in [0.1, 0.15) is 10.5 Å². The first-order valence-corrected chi connectivity index (χ1v) is 8.78. The van der Waals surface area contributed by atoms with E-state index in [0.29, 0.717) is 16.3 Å². The van der Waals surface area contributed by atoms with Crippen LogP contribution in [0.5, 0.6) is 0 Å². The molecule has 3 rings (SSSR count). The molecule has 3 aromatic rings. The third kappa shape index (κ3) is 3.38. The molecule has 3 N–H and O–H groups in total. The first-order chi connectivity index (χ1) is 11.8. The fourth-order valence-corrected chi connectivity index (χ4v) is 2.89. The lowest BCUT2D eigenvalue weighted by atomic mass is 10.1. The fourth-order valence-electron chi connectivity index (χ4n) is 2.25. The van der Waals surface area contributed by atoms with Gasteiger partial charge in [0, 0.05) is 10.6 Å². The number of hydrogen-bond donors (Lipinski definition) is 2. The van der Waals surface area contributed by atoms with Crippen LogP contribution >= 0.6 is 11.6 Å². The quantitative estimate of drug-likeness (QED) is 0.713. The SMILES string of the molecule is NS(=O)(=O)c1ccc(-n2nnc(C(=O)O)c2-c2ccc(Cl)cc2)cc1. The first-order valence-electron chi connectivity index (χ1n) is 6.85. The van der Waals surface area contributed by atoms with Gasteiger partial charge in [-0.2, -0.15) is 0 Å². The molecule has 0 aliphatic carbocycles. The highest BCUT2D eigenvalue weighted by Gasteiger charge is 2.21. The summed E-state index contributed by atoms with van der Waals surface area (Å²) in [6.07, 6.45) is 0. The minimum atomic E-state index is -3.83. The Morgan fingerprint density at radius 3 is 2.20 bits per heavy atom. The molecule has 0 spiro atoms. The van der Waals surface area contributed by atoms with Crippen molar-refractivity contribution in [3.8, 4) is 16.9 Å². The van der Waals surface area contributed by atoms with Gasteiger partial charge in [-0.25, -0.2) is 23.0 Å². The number of carbonyl (C=O) groups is 1. The summed E-state index contributed by atoms with van der Waals surface area (Å²) in [7, 11) is -3.83. The summed E-state index contributed by atoms with van der Waals surface area (Å²) >= 11 is 5.87. The Bertz CT molecular complexity index is 1040. The van der Waals surface area contributed by atoms with Crippen molar-refractivity contribution in [1.82, 2.24) is 15.0 Å². The number of aromatic carboxylic acids is 1. The Kier molecular flexibility index (Phi) is 4.29. The number of nitrogens with two attached hydrogens (primary N) is 1. The maximum Gasteiger partial charge on any atom is 0.358 e. The number of rotatable bonds is 4. The van der Waals surface area contributed by atoms with E-state index in [1.54, 1.807) is 24.3 Å². The Labute approximate surface area is 147 Å². The molecule has 1 aromatic heterocycles. The largest absolute Gasteiger partial charge is 0.476 e. The van der Waals surface area contributed by atoms with Crippen molar-refractivity contribution < 1.29 is 18.3 Å². The zero-order chi connectivity index (χ0) is 18.2. The molecular formula is C15H11ClN4O4S. The van der Waals surface area contributed by atoms with Crippen LogP contribution in [-0.2, 0) is 10.0 Å². The molecule has 2 aromatic carbocycles. The third-order valence-corrected chi connectivity index (χ3v) is 4.58. The predicted octanol–water partition coefficient (Wildman–Crippen LogP) is 1.93. The minimum Gasteiger partial charge on any atom is -0.476 e. The molecule has 0 aliphatic heterocycles. The highest BCUT2D eigenvalue weighted by atomic mass is 35.5. The molecular weight excluding hydrogens is 368 g/mol. The molecule has 0 atom stereocenters. The minimum absolute atomic E-state index is 0.0668. The van der Waals surface area contributed by atoms with Crippen molar-refractivity contribution in [2.45, 2.75) is 4.90 Å². The van der Waals surface area contributed by atoms with Gasteiger partial charge in [0.15, 0.2) is 5.69 Å². The lowest BCUT2D eigenvalue weighted by molar-refractivity contribution is 0.0691. The van der Waals surface area contributed by atoms with E-state index < -0.39 is 16.0 Å². The van der Waals surface area contributed by atoms with E-state index >= 15 is 0 Å². The van der Waals surface area contributed by atoms with Crippen LogP contribution in [0, 0.1) is 0 Å². The summed E-state index contributed by atoms with van der Waals surface area (Å²) in [6.45, 7) is 0. The molecule has 128 valence electrons. The average molecular weight is 379 g/mol. The molecule has 0 radical (unpaired) electrons.